The third-order valence-electron chi connectivity index (χ3n) is 2.97. The zero-order chi connectivity index (χ0) is 13.5. The standard InChI is InChI=1S/C15H21BrO2/c1-11(2)15(17)14(16)10-13-7-5-4-6-12(13)8-9-18-3/h4-7,11,14H,8-10H2,1-3H3. The van der Waals surface area contributed by atoms with Crippen molar-refractivity contribution in [2.24, 2.45) is 5.92 Å². The Hall–Kier alpha value is -0.670. The van der Waals surface area contributed by atoms with Crippen molar-refractivity contribution in [3.8, 4) is 0 Å². The highest BCUT2D eigenvalue weighted by Crippen LogP contribution is 2.18. The number of hydrogen-bond donors (Lipinski definition) is 0. The second-order valence-electron chi connectivity index (χ2n) is 4.74. The summed E-state index contributed by atoms with van der Waals surface area (Å²) in [7, 11) is 1.71. The molecule has 0 saturated carbocycles. The van der Waals surface area contributed by atoms with Crippen LogP contribution in [0.4, 0.5) is 0 Å². The molecule has 0 aromatic heterocycles. The van der Waals surface area contributed by atoms with Crippen molar-refractivity contribution >= 4 is 21.7 Å². The van der Waals surface area contributed by atoms with E-state index in [2.05, 4.69) is 28.1 Å². The number of rotatable bonds is 7. The highest BCUT2D eigenvalue weighted by atomic mass is 79.9. The largest absolute Gasteiger partial charge is 0.384 e. The number of hydrogen-bond acceptors (Lipinski definition) is 2. The van der Waals surface area contributed by atoms with Gasteiger partial charge in [-0.2, -0.15) is 0 Å². The van der Waals surface area contributed by atoms with Gasteiger partial charge in [-0.1, -0.05) is 54.0 Å². The maximum absolute atomic E-state index is 11.9. The van der Waals surface area contributed by atoms with E-state index in [4.69, 9.17) is 4.74 Å². The normalized spacial score (nSPS) is 12.7. The third-order valence-corrected chi connectivity index (χ3v) is 3.75. The summed E-state index contributed by atoms with van der Waals surface area (Å²) in [5, 5.41) is 0. The van der Waals surface area contributed by atoms with E-state index >= 15 is 0 Å². The summed E-state index contributed by atoms with van der Waals surface area (Å²) in [5.74, 6) is 0.331. The molecule has 1 unspecified atom stereocenters. The highest BCUT2D eigenvalue weighted by Gasteiger charge is 2.19. The number of Topliss-reactive ketones (excluding diaryl/α,β-unsaturated/α-hetero) is 1. The second-order valence-corrected chi connectivity index (χ2v) is 5.85. The molecule has 0 spiro atoms. The predicted molar refractivity (Wildman–Crippen MR) is 78.3 cm³/mol. The molecule has 1 rings (SSSR count). The van der Waals surface area contributed by atoms with Crippen LogP contribution in [0.5, 0.6) is 0 Å². The molecule has 1 aromatic rings. The van der Waals surface area contributed by atoms with Crippen molar-refractivity contribution < 1.29 is 9.53 Å². The van der Waals surface area contributed by atoms with Gasteiger partial charge in [-0.25, -0.2) is 0 Å². The van der Waals surface area contributed by atoms with Crippen molar-refractivity contribution in [2.75, 3.05) is 13.7 Å². The number of carbonyl (C=O) groups is 1. The molecular weight excluding hydrogens is 292 g/mol. The molecule has 3 heteroatoms. The van der Waals surface area contributed by atoms with E-state index in [1.165, 1.54) is 11.1 Å². The summed E-state index contributed by atoms with van der Waals surface area (Å²) >= 11 is 3.50. The number of ketones is 1. The van der Waals surface area contributed by atoms with Gasteiger partial charge in [0.05, 0.1) is 11.4 Å². The predicted octanol–water partition coefficient (Wildman–Crippen LogP) is 3.41. The molecule has 1 aromatic carbocycles. The van der Waals surface area contributed by atoms with Crippen LogP contribution in [0.1, 0.15) is 25.0 Å². The van der Waals surface area contributed by atoms with Crippen LogP contribution in [-0.2, 0) is 22.4 Å². The van der Waals surface area contributed by atoms with Crippen molar-refractivity contribution in [1.82, 2.24) is 0 Å². The fraction of sp³-hybridized carbons (Fsp3) is 0.533. The van der Waals surface area contributed by atoms with Gasteiger partial charge in [0.1, 0.15) is 5.78 Å². The molecule has 0 aliphatic rings. The molecule has 0 aliphatic heterocycles. The van der Waals surface area contributed by atoms with Crippen LogP contribution in [0, 0.1) is 5.92 Å². The zero-order valence-corrected chi connectivity index (χ0v) is 12.9. The van der Waals surface area contributed by atoms with Gasteiger partial charge in [0.15, 0.2) is 0 Å². The molecule has 0 saturated heterocycles. The molecule has 18 heavy (non-hydrogen) atoms. The van der Waals surface area contributed by atoms with Gasteiger partial charge in [-0.15, -0.1) is 0 Å². The first-order valence-corrected chi connectivity index (χ1v) is 7.21. The second kappa shape index (κ2) is 7.70. The van der Waals surface area contributed by atoms with Crippen molar-refractivity contribution in [3.63, 3.8) is 0 Å². The molecule has 0 radical (unpaired) electrons. The average Bonchev–Trinajstić information content (AvgIpc) is 2.36. The van der Waals surface area contributed by atoms with E-state index in [0.29, 0.717) is 6.61 Å². The van der Waals surface area contributed by atoms with Crippen LogP contribution >= 0.6 is 15.9 Å². The Balaban J connectivity index is 2.74. The third kappa shape index (κ3) is 4.54. The summed E-state index contributed by atoms with van der Waals surface area (Å²) in [6.45, 7) is 4.59. The maximum Gasteiger partial charge on any atom is 0.149 e. The van der Waals surface area contributed by atoms with Gasteiger partial charge in [0.25, 0.3) is 0 Å². The Kier molecular flexibility index (Phi) is 6.58. The molecule has 0 bridgehead atoms. The van der Waals surface area contributed by atoms with Crippen LogP contribution in [0.2, 0.25) is 0 Å². The number of ether oxygens (including phenoxy) is 1. The lowest BCUT2D eigenvalue weighted by Crippen LogP contribution is -2.22. The molecule has 2 nitrogen and oxygen atoms in total. The van der Waals surface area contributed by atoms with E-state index in [9.17, 15) is 4.79 Å². The van der Waals surface area contributed by atoms with Crippen molar-refractivity contribution in [1.29, 1.82) is 0 Å². The minimum atomic E-state index is -0.0961. The molecule has 100 valence electrons. The fourth-order valence-electron chi connectivity index (χ4n) is 1.87. The number of benzene rings is 1. The van der Waals surface area contributed by atoms with Gasteiger partial charge < -0.3 is 4.74 Å². The first-order chi connectivity index (χ1) is 8.56. The summed E-state index contributed by atoms with van der Waals surface area (Å²) in [6.07, 6.45) is 1.64. The number of halogens is 1. The van der Waals surface area contributed by atoms with E-state index in [0.717, 1.165) is 12.8 Å². The minimum Gasteiger partial charge on any atom is -0.384 e. The molecule has 0 fully saturated rings. The van der Waals surface area contributed by atoms with E-state index < -0.39 is 0 Å². The smallest absolute Gasteiger partial charge is 0.149 e. The molecule has 1 atom stereocenters. The van der Waals surface area contributed by atoms with Gasteiger partial charge >= 0.3 is 0 Å². The summed E-state index contributed by atoms with van der Waals surface area (Å²) in [6, 6.07) is 8.24. The van der Waals surface area contributed by atoms with Crippen LogP contribution in [0.15, 0.2) is 24.3 Å². The summed E-state index contributed by atoms with van der Waals surface area (Å²) < 4.78 is 5.11. The van der Waals surface area contributed by atoms with Gasteiger partial charge in [-0.3, -0.25) is 4.79 Å². The highest BCUT2D eigenvalue weighted by molar-refractivity contribution is 9.10. The fourth-order valence-corrected chi connectivity index (χ4v) is 2.75. The topological polar surface area (TPSA) is 26.3 Å². The number of methoxy groups -OCH3 is 1. The Morgan fingerprint density at radius 1 is 1.28 bits per heavy atom. The number of alkyl halides is 1. The van der Waals surface area contributed by atoms with E-state index in [-0.39, 0.29) is 16.5 Å². The average molecular weight is 313 g/mol. The van der Waals surface area contributed by atoms with Gasteiger partial charge in [-0.05, 0) is 24.0 Å². The van der Waals surface area contributed by atoms with E-state index in [1.807, 2.05) is 26.0 Å². The first kappa shape index (κ1) is 15.4. The summed E-state index contributed by atoms with van der Waals surface area (Å²) in [4.78, 5) is 11.8. The molecule has 0 amide bonds. The van der Waals surface area contributed by atoms with Gasteiger partial charge in [0.2, 0.25) is 0 Å². The Bertz CT molecular complexity index is 388. The zero-order valence-electron chi connectivity index (χ0n) is 11.3. The lowest BCUT2D eigenvalue weighted by atomic mass is 9.96. The van der Waals surface area contributed by atoms with Crippen LogP contribution in [-0.4, -0.2) is 24.3 Å². The minimum absolute atomic E-state index is 0.0699. The monoisotopic (exact) mass is 312 g/mol. The van der Waals surface area contributed by atoms with Crippen molar-refractivity contribution in [2.45, 2.75) is 31.5 Å². The summed E-state index contributed by atoms with van der Waals surface area (Å²) in [5.41, 5.74) is 2.49. The Labute approximate surface area is 118 Å². The van der Waals surface area contributed by atoms with Crippen molar-refractivity contribution in [3.05, 3.63) is 35.4 Å². The van der Waals surface area contributed by atoms with Crippen LogP contribution < -0.4 is 0 Å². The molecule has 0 heterocycles. The SMILES string of the molecule is COCCc1ccccc1CC(Br)C(=O)C(C)C. The van der Waals surface area contributed by atoms with Crippen LogP contribution in [0.3, 0.4) is 0 Å². The van der Waals surface area contributed by atoms with Gasteiger partial charge in [0, 0.05) is 13.0 Å². The Morgan fingerprint density at radius 2 is 1.89 bits per heavy atom. The number of carbonyl (C=O) groups excluding carboxylic acids is 1. The molecule has 0 N–H and O–H groups in total. The maximum atomic E-state index is 11.9. The lowest BCUT2D eigenvalue weighted by Gasteiger charge is -2.14. The first-order valence-electron chi connectivity index (χ1n) is 6.29. The molecular formula is C15H21BrO2. The Morgan fingerprint density at radius 3 is 2.44 bits per heavy atom. The quantitative estimate of drug-likeness (QED) is 0.721. The lowest BCUT2D eigenvalue weighted by molar-refractivity contribution is -0.121. The van der Waals surface area contributed by atoms with Crippen LogP contribution in [0.25, 0.3) is 0 Å². The molecule has 0 aliphatic carbocycles. The van der Waals surface area contributed by atoms with E-state index in [1.54, 1.807) is 7.11 Å².